The zero-order valence-corrected chi connectivity index (χ0v) is 15.4. The van der Waals surface area contributed by atoms with Crippen LogP contribution in [0.5, 0.6) is 0 Å². The van der Waals surface area contributed by atoms with Crippen LogP contribution in [0.2, 0.25) is 0 Å². The van der Waals surface area contributed by atoms with Crippen LogP contribution < -0.4 is 4.72 Å². The van der Waals surface area contributed by atoms with E-state index in [1.807, 2.05) is 36.9 Å². The Kier molecular flexibility index (Phi) is 6.80. The third-order valence-corrected chi connectivity index (χ3v) is 5.55. The number of nitrogens with zero attached hydrogens (tertiary/aromatic N) is 1. The molecule has 24 heavy (non-hydrogen) atoms. The monoisotopic (exact) mass is 352 g/mol. The van der Waals surface area contributed by atoms with E-state index in [1.54, 1.807) is 12.1 Å². The van der Waals surface area contributed by atoms with Gasteiger partial charge in [-0.3, -0.25) is 4.79 Å². The zero-order valence-electron chi connectivity index (χ0n) is 14.6. The highest BCUT2D eigenvalue weighted by atomic mass is 32.2. The van der Waals surface area contributed by atoms with Crippen LogP contribution in [0, 0.1) is 5.92 Å². The molecule has 1 heterocycles. The molecule has 0 radical (unpaired) electrons. The second-order valence-corrected chi connectivity index (χ2v) is 8.68. The first kappa shape index (κ1) is 18.9. The van der Waals surface area contributed by atoms with Crippen molar-refractivity contribution in [3.05, 3.63) is 35.9 Å². The fourth-order valence-corrected chi connectivity index (χ4v) is 4.40. The van der Waals surface area contributed by atoms with Gasteiger partial charge in [0.15, 0.2) is 0 Å². The predicted molar refractivity (Wildman–Crippen MR) is 95.9 cm³/mol. The molecule has 0 unspecified atom stereocenters. The molecular weight excluding hydrogens is 324 g/mol. The van der Waals surface area contributed by atoms with Crippen molar-refractivity contribution in [3.63, 3.8) is 0 Å². The van der Waals surface area contributed by atoms with Crippen molar-refractivity contribution < 1.29 is 13.2 Å². The van der Waals surface area contributed by atoms with E-state index in [-0.39, 0.29) is 17.6 Å². The lowest BCUT2D eigenvalue weighted by Gasteiger charge is -2.31. The Morgan fingerprint density at radius 2 is 1.75 bits per heavy atom. The van der Waals surface area contributed by atoms with Gasteiger partial charge in [-0.2, -0.15) is 0 Å². The minimum absolute atomic E-state index is 0.0833. The van der Waals surface area contributed by atoms with Gasteiger partial charge in [-0.25, -0.2) is 13.1 Å². The Hall–Kier alpha value is -1.40. The molecule has 0 saturated carbocycles. The Balaban J connectivity index is 2.07. The van der Waals surface area contributed by atoms with Crippen molar-refractivity contribution in [2.45, 2.75) is 51.3 Å². The maximum absolute atomic E-state index is 12.8. The normalized spacial score (nSPS) is 17.0. The largest absolute Gasteiger partial charge is 0.341 e. The average Bonchev–Trinajstić information content (AvgIpc) is 2.54. The molecule has 1 N–H and O–H groups in total. The van der Waals surface area contributed by atoms with E-state index in [0.717, 1.165) is 37.9 Å². The Bertz CT molecular complexity index is 623. The summed E-state index contributed by atoms with van der Waals surface area (Å²) in [5, 5.41) is 0. The molecule has 0 aromatic heterocycles. The van der Waals surface area contributed by atoms with Crippen molar-refractivity contribution in [1.29, 1.82) is 0 Å². The molecule has 0 bridgehead atoms. The molecule has 1 aliphatic heterocycles. The van der Waals surface area contributed by atoms with Crippen LogP contribution in [0.4, 0.5) is 0 Å². The number of hydrogen-bond donors (Lipinski definition) is 1. The van der Waals surface area contributed by atoms with Gasteiger partial charge in [0, 0.05) is 13.1 Å². The highest BCUT2D eigenvalue weighted by Crippen LogP contribution is 2.15. The van der Waals surface area contributed by atoms with E-state index in [4.69, 9.17) is 0 Å². The molecule has 1 fully saturated rings. The average molecular weight is 353 g/mol. The van der Waals surface area contributed by atoms with E-state index in [2.05, 4.69) is 4.72 Å². The highest BCUT2D eigenvalue weighted by molar-refractivity contribution is 7.88. The summed E-state index contributed by atoms with van der Waals surface area (Å²) >= 11 is 0. The smallest absolute Gasteiger partial charge is 0.240 e. The maximum Gasteiger partial charge on any atom is 0.240 e. The summed E-state index contributed by atoms with van der Waals surface area (Å²) in [6.45, 7) is 5.46. The maximum atomic E-state index is 12.8. The lowest BCUT2D eigenvalue weighted by Crippen LogP contribution is -2.50. The summed E-state index contributed by atoms with van der Waals surface area (Å²) in [4.78, 5) is 14.6. The van der Waals surface area contributed by atoms with Crippen molar-refractivity contribution >= 4 is 15.9 Å². The summed E-state index contributed by atoms with van der Waals surface area (Å²) in [5.74, 6) is 0.0543. The first-order valence-electron chi connectivity index (χ1n) is 8.70. The molecule has 1 aromatic carbocycles. The van der Waals surface area contributed by atoms with Gasteiger partial charge in [0.05, 0.1) is 5.75 Å². The minimum Gasteiger partial charge on any atom is -0.341 e. The SMILES string of the molecule is CC(C)C[C@@H](NS(=O)(=O)Cc1ccccc1)C(=O)N1CCCCC1. The number of carbonyl (C=O) groups is 1. The van der Waals surface area contributed by atoms with E-state index in [0.29, 0.717) is 6.42 Å². The van der Waals surface area contributed by atoms with Gasteiger partial charge in [-0.15, -0.1) is 0 Å². The first-order chi connectivity index (χ1) is 11.4. The van der Waals surface area contributed by atoms with Gasteiger partial charge in [0.25, 0.3) is 0 Å². The Morgan fingerprint density at radius 1 is 1.12 bits per heavy atom. The standard InChI is InChI=1S/C18H28N2O3S/c1-15(2)13-17(18(21)20-11-7-4-8-12-20)19-24(22,23)14-16-9-5-3-6-10-16/h3,5-6,9-10,15,17,19H,4,7-8,11-14H2,1-2H3/t17-/m1/s1. The van der Waals surface area contributed by atoms with Gasteiger partial charge in [0.1, 0.15) is 6.04 Å². The van der Waals surface area contributed by atoms with Gasteiger partial charge in [-0.05, 0) is 37.2 Å². The zero-order chi connectivity index (χ0) is 17.6. The molecule has 6 heteroatoms. The number of amides is 1. The fraction of sp³-hybridized carbons (Fsp3) is 0.611. The molecule has 1 saturated heterocycles. The summed E-state index contributed by atoms with van der Waals surface area (Å²) in [5.41, 5.74) is 0.721. The van der Waals surface area contributed by atoms with Crippen molar-refractivity contribution in [2.75, 3.05) is 13.1 Å². The summed E-state index contributed by atoms with van der Waals surface area (Å²) in [6, 6.07) is 8.37. The number of sulfonamides is 1. The van der Waals surface area contributed by atoms with E-state index in [1.165, 1.54) is 0 Å². The number of piperidine rings is 1. The minimum atomic E-state index is -3.56. The molecule has 134 valence electrons. The van der Waals surface area contributed by atoms with E-state index >= 15 is 0 Å². The molecular formula is C18H28N2O3S. The topological polar surface area (TPSA) is 66.5 Å². The third-order valence-electron chi connectivity index (χ3n) is 4.19. The van der Waals surface area contributed by atoms with Crippen molar-refractivity contribution in [1.82, 2.24) is 9.62 Å². The molecule has 5 nitrogen and oxygen atoms in total. The Labute approximate surface area is 145 Å². The molecule has 1 aliphatic rings. The highest BCUT2D eigenvalue weighted by Gasteiger charge is 2.29. The number of benzene rings is 1. The molecule has 2 rings (SSSR count). The van der Waals surface area contributed by atoms with E-state index < -0.39 is 16.1 Å². The van der Waals surface area contributed by atoms with Crippen LogP contribution in [0.25, 0.3) is 0 Å². The lowest BCUT2D eigenvalue weighted by atomic mass is 10.0. The van der Waals surface area contributed by atoms with Crippen molar-refractivity contribution in [3.8, 4) is 0 Å². The van der Waals surface area contributed by atoms with Gasteiger partial charge in [-0.1, -0.05) is 44.2 Å². The van der Waals surface area contributed by atoms with Crippen LogP contribution in [0.1, 0.15) is 45.1 Å². The second kappa shape index (κ2) is 8.62. The van der Waals surface area contributed by atoms with Crippen LogP contribution in [0.15, 0.2) is 30.3 Å². The number of nitrogens with one attached hydrogen (secondary N) is 1. The van der Waals surface area contributed by atoms with Crippen LogP contribution in [-0.2, 0) is 20.6 Å². The number of rotatable bonds is 7. The summed E-state index contributed by atoms with van der Waals surface area (Å²) in [6.07, 6.45) is 3.65. The molecule has 0 aliphatic carbocycles. The third kappa shape index (κ3) is 5.91. The number of likely N-dealkylation sites (tertiary alicyclic amines) is 1. The lowest BCUT2D eigenvalue weighted by molar-refractivity contribution is -0.134. The molecule has 1 amide bonds. The summed E-state index contributed by atoms with van der Waals surface area (Å²) in [7, 11) is -3.56. The number of hydrogen-bond acceptors (Lipinski definition) is 3. The Morgan fingerprint density at radius 3 is 2.33 bits per heavy atom. The number of carbonyl (C=O) groups excluding carboxylic acids is 1. The second-order valence-electron chi connectivity index (χ2n) is 6.93. The predicted octanol–water partition coefficient (Wildman–Crippen LogP) is 2.53. The van der Waals surface area contributed by atoms with Gasteiger partial charge < -0.3 is 4.90 Å². The van der Waals surface area contributed by atoms with E-state index in [9.17, 15) is 13.2 Å². The molecule has 1 atom stereocenters. The molecule has 0 spiro atoms. The molecule has 1 aromatic rings. The van der Waals surface area contributed by atoms with Crippen molar-refractivity contribution in [2.24, 2.45) is 5.92 Å². The van der Waals surface area contributed by atoms with Crippen LogP contribution >= 0.6 is 0 Å². The van der Waals surface area contributed by atoms with Crippen LogP contribution in [0.3, 0.4) is 0 Å². The van der Waals surface area contributed by atoms with Gasteiger partial charge >= 0.3 is 0 Å². The quantitative estimate of drug-likeness (QED) is 0.820. The van der Waals surface area contributed by atoms with Crippen LogP contribution in [-0.4, -0.2) is 38.4 Å². The fourth-order valence-electron chi connectivity index (χ4n) is 3.06. The first-order valence-corrected chi connectivity index (χ1v) is 10.4. The van der Waals surface area contributed by atoms with Gasteiger partial charge in [0.2, 0.25) is 15.9 Å². The summed E-state index contributed by atoms with van der Waals surface area (Å²) < 4.78 is 27.6.